The summed E-state index contributed by atoms with van der Waals surface area (Å²) in [6.07, 6.45) is -0.126. The summed E-state index contributed by atoms with van der Waals surface area (Å²) >= 11 is 0. The summed E-state index contributed by atoms with van der Waals surface area (Å²) in [6, 6.07) is 11.6. The molecule has 0 fully saturated rings. The van der Waals surface area contributed by atoms with Crippen molar-refractivity contribution < 1.29 is 9.90 Å². The molecule has 0 saturated heterocycles. The molecule has 1 heterocycles. The molecule has 1 aromatic heterocycles. The Bertz CT molecular complexity index is 708. The second kappa shape index (κ2) is 4.94. The van der Waals surface area contributed by atoms with Gasteiger partial charge in [-0.3, -0.25) is 9.59 Å². The number of H-pyrrole nitrogens is 1. The zero-order valence-electron chi connectivity index (χ0n) is 10.7. The number of benzene rings is 1. The van der Waals surface area contributed by atoms with Crippen molar-refractivity contribution in [1.29, 1.82) is 0 Å². The molecule has 5 heteroatoms. The van der Waals surface area contributed by atoms with Gasteiger partial charge in [0.1, 0.15) is 5.69 Å². The lowest BCUT2D eigenvalue weighted by Crippen LogP contribution is -2.34. The van der Waals surface area contributed by atoms with Crippen LogP contribution in [0.5, 0.6) is 0 Å². The van der Waals surface area contributed by atoms with E-state index >= 15 is 0 Å². The van der Waals surface area contributed by atoms with Gasteiger partial charge in [0.25, 0.3) is 5.91 Å². The van der Waals surface area contributed by atoms with E-state index < -0.39 is 18.1 Å². The van der Waals surface area contributed by atoms with Crippen molar-refractivity contribution in [3.05, 3.63) is 69.6 Å². The van der Waals surface area contributed by atoms with Gasteiger partial charge < -0.3 is 15.4 Å². The molecule has 0 radical (unpaired) electrons. The summed E-state index contributed by atoms with van der Waals surface area (Å²) in [4.78, 5) is 25.8. The van der Waals surface area contributed by atoms with E-state index in [1.54, 1.807) is 0 Å². The zero-order chi connectivity index (χ0) is 14.1. The first-order chi connectivity index (χ1) is 9.65. The average molecular weight is 270 g/mol. The molecule has 5 nitrogen and oxygen atoms in total. The van der Waals surface area contributed by atoms with E-state index in [1.807, 2.05) is 24.3 Å². The van der Waals surface area contributed by atoms with Crippen molar-refractivity contribution in [3.8, 4) is 0 Å². The van der Waals surface area contributed by atoms with Crippen molar-refractivity contribution in [1.82, 2.24) is 10.3 Å². The van der Waals surface area contributed by atoms with Gasteiger partial charge in [0, 0.05) is 12.5 Å². The third kappa shape index (κ3) is 2.23. The monoisotopic (exact) mass is 270 g/mol. The van der Waals surface area contributed by atoms with E-state index in [0.717, 1.165) is 11.1 Å². The lowest BCUT2D eigenvalue weighted by atomic mass is 10.1. The van der Waals surface area contributed by atoms with E-state index in [-0.39, 0.29) is 11.3 Å². The average Bonchev–Trinajstić information content (AvgIpc) is 2.75. The van der Waals surface area contributed by atoms with Crippen LogP contribution in [-0.2, 0) is 6.42 Å². The van der Waals surface area contributed by atoms with E-state index in [0.29, 0.717) is 6.42 Å². The van der Waals surface area contributed by atoms with Gasteiger partial charge in [-0.05, 0) is 17.2 Å². The predicted molar refractivity (Wildman–Crippen MR) is 73.4 cm³/mol. The Hall–Kier alpha value is -2.40. The highest BCUT2D eigenvalue weighted by molar-refractivity contribution is 5.92. The van der Waals surface area contributed by atoms with Crippen LogP contribution in [0.25, 0.3) is 0 Å². The molecule has 3 rings (SSSR count). The van der Waals surface area contributed by atoms with E-state index in [1.165, 1.54) is 18.2 Å². The number of aliphatic hydroxyl groups is 1. The van der Waals surface area contributed by atoms with Crippen LogP contribution in [0.1, 0.15) is 27.7 Å². The fraction of sp³-hybridized carbons (Fsp3) is 0.200. The second-order valence-corrected chi connectivity index (χ2v) is 4.85. The van der Waals surface area contributed by atoms with Crippen molar-refractivity contribution in [2.45, 2.75) is 18.6 Å². The molecular formula is C15H14N2O3. The maximum Gasteiger partial charge on any atom is 0.268 e. The van der Waals surface area contributed by atoms with Gasteiger partial charge in [-0.1, -0.05) is 30.3 Å². The van der Waals surface area contributed by atoms with Gasteiger partial charge in [-0.15, -0.1) is 0 Å². The molecule has 0 aliphatic heterocycles. The molecule has 0 saturated carbocycles. The number of hydrogen-bond donors (Lipinski definition) is 3. The van der Waals surface area contributed by atoms with Crippen LogP contribution >= 0.6 is 0 Å². The molecule has 0 bridgehead atoms. The Labute approximate surface area is 115 Å². The molecule has 102 valence electrons. The van der Waals surface area contributed by atoms with E-state index in [2.05, 4.69) is 10.3 Å². The minimum absolute atomic E-state index is 0.189. The molecule has 1 aromatic carbocycles. The van der Waals surface area contributed by atoms with Crippen LogP contribution in [0.2, 0.25) is 0 Å². The smallest absolute Gasteiger partial charge is 0.268 e. The Morgan fingerprint density at radius 1 is 1.20 bits per heavy atom. The molecule has 1 amide bonds. The topological polar surface area (TPSA) is 82.2 Å². The van der Waals surface area contributed by atoms with Crippen LogP contribution in [0.4, 0.5) is 0 Å². The fourth-order valence-corrected chi connectivity index (χ4v) is 2.55. The first kappa shape index (κ1) is 12.6. The third-order valence-corrected chi connectivity index (χ3v) is 3.50. The molecular weight excluding hydrogens is 256 g/mol. The number of carbonyl (C=O) groups excluding carboxylic acids is 1. The molecule has 0 spiro atoms. The van der Waals surface area contributed by atoms with E-state index in [4.69, 9.17) is 0 Å². The Balaban J connectivity index is 1.85. The number of aromatic amines is 1. The number of carbonyl (C=O) groups is 1. The molecule has 1 aliphatic rings. The van der Waals surface area contributed by atoms with Crippen molar-refractivity contribution in [2.75, 3.05) is 0 Å². The first-order valence-electron chi connectivity index (χ1n) is 6.41. The van der Waals surface area contributed by atoms with Crippen LogP contribution in [0.3, 0.4) is 0 Å². The second-order valence-electron chi connectivity index (χ2n) is 4.85. The quantitative estimate of drug-likeness (QED) is 0.753. The lowest BCUT2D eigenvalue weighted by Gasteiger charge is -2.17. The lowest BCUT2D eigenvalue weighted by molar-refractivity contribution is 0.0853. The normalized spacial score (nSPS) is 20.4. The predicted octanol–water partition coefficient (Wildman–Crippen LogP) is 0.763. The van der Waals surface area contributed by atoms with Crippen molar-refractivity contribution >= 4 is 5.91 Å². The van der Waals surface area contributed by atoms with Crippen LogP contribution in [0.15, 0.2) is 47.3 Å². The number of nitrogens with one attached hydrogen (secondary N) is 2. The molecule has 2 atom stereocenters. The van der Waals surface area contributed by atoms with Crippen LogP contribution < -0.4 is 10.9 Å². The highest BCUT2D eigenvalue weighted by Crippen LogP contribution is 2.31. The number of aromatic nitrogens is 1. The summed E-state index contributed by atoms with van der Waals surface area (Å²) in [5.41, 5.74) is 1.82. The molecule has 3 N–H and O–H groups in total. The summed E-state index contributed by atoms with van der Waals surface area (Å²) in [6.45, 7) is 0. The Morgan fingerprint density at radius 2 is 2.00 bits per heavy atom. The number of pyridine rings is 1. The minimum atomic E-state index is -0.646. The number of fused-ring (bicyclic) bond motifs is 1. The van der Waals surface area contributed by atoms with Gasteiger partial charge in [0.05, 0.1) is 12.1 Å². The SMILES string of the molecule is O=C(N[C@@H]1c2ccccc2C[C@@H]1O)c1cccc(=O)[nH]1. The van der Waals surface area contributed by atoms with Crippen LogP contribution in [-0.4, -0.2) is 22.1 Å². The third-order valence-electron chi connectivity index (χ3n) is 3.50. The van der Waals surface area contributed by atoms with E-state index in [9.17, 15) is 14.7 Å². The van der Waals surface area contributed by atoms with Gasteiger partial charge in [0.15, 0.2) is 0 Å². The van der Waals surface area contributed by atoms with Gasteiger partial charge in [-0.2, -0.15) is 0 Å². The molecule has 0 unspecified atom stereocenters. The number of amides is 1. The highest BCUT2D eigenvalue weighted by atomic mass is 16.3. The summed E-state index contributed by atoms with van der Waals surface area (Å²) in [5.74, 6) is -0.400. The van der Waals surface area contributed by atoms with Crippen LogP contribution in [0, 0.1) is 0 Å². The van der Waals surface area contributed by atoms with Crippen molar-refractivity contribution in [2.24, 2.45) is 0 Å². The summed E-state index contributed by atoms with van der Waals surface area (Å²) < 4.78 is 0. The molecule has 1 aliphatic carbocycles. The van der Waals surface area contributed by atoms with Gasteiger partial charge in [0.2, 0.25) is 5.56 Å². The standard InChI is InChI=1S/C15H14N2O3/c18-12-8-9-4-1-2-5-10(9)14(12)17-15(20)11-6-3-7-13(19)16-11/h1-7,12,14,18H,8H2,(H,16,19)(H,17,20)/t12-,14+/m0/s1. The largest absolute Gasteiger partial charge is 0.390 e. The number of hydrogen-bond acceptors (Lipinski definition) is 3. The minimum Gasteiger partial charge on any atom is -0.390 e. The number of rotatable bonds is 2. The summed E-state index contributed by atoms with van der Waals surface area (Å²) in [5, 5.41) is 12.8. The Morgan fingerprint density at radius 3 is 2.80 bits per heavy atom. The fourth-order valence-electron chi connectivity index (χ4n) is 2.55. The van der Waals surface area contributed by atoms with Crippen molar-refractivity contribution in [3.63, 3.8) is 0 Å². The molecule has 2 aromatic rings. The maximum absolute atomic E-state index is 12.1. The zero-order valence-corrected chi connectivity index (χ0v) is 10.7. The van der Waals surface area contributed by atoms with Gasteiger partial charge in [-0.25, -0.2) is 0 Å². The molecule has 20 heavy (non-hydrogen) atoms. The highest BCUT2D eigenvalue weighted by Gasteiger charge is 2.32. The maximum atomic E-state index is 12.1. The Kier molecular flexibility index (Phi) is 3.12. The first-order valence-corrected chi connectivity index (χ1v) is 6.41. The summed E-state index contributed by atoms with van der Waals surface area (Å²) in [7, 11) is 0. The number of aliphatic hydroxyl groups excluding tert-OH is 1. The van der Waals surface area contributed by atoms with Gasteiger partial charge >= 0.3 is 0 Å².